The molecule has 2 aromatic carbocycles. The van der Waals surface area contributed by atoms with Gasteiger partial charge in [0.25, 0.3) is 5.56 Å². The van der Waals surface area contributed by atoms with Crippen LogP contribution in [0.25, 0.3) is 10.9 Å². The molecule has 1 aliphatic rings. The van der Waals surface area contributed by atoms with Crippen LogP contribution in [0.1, 0.15) is 54.4 Å². The van der Waals surface area contributed by atoms with E-state index in [4.69, 9.17) is 4.74 Å². The minimum atomic E-state index is -0.166. The Hall–Kier alpha value is -3.28. The van der Waals surface area contributed by atoms with Crippen molar-refractivity contribution in [3.8, 4) is 5.75 Å². The number of para-hydroxylation sites is 1. The van der Waals surface area contributed by atoms with Gasteiger partial charge >= 0.3 is 6.03 Å². The highest BCUT2D eigenvalue weighted by atomic mass is 16.5. The number of amides is 2. The Bertz CT molecular complexity index is 1190. The lowest BCUT2D eigenvalue weighted by Gasteiger charge is -2.29. The number of benzene rings is 2. The zero-order chi connectivity index (χ0) is 23.4. The maximum atomic E-state index is 13.4. The quantitative estimate of drug-likeness (QED) is 0.546. The fraction of sp³-hybridized carbons (Fsp3) is 0.407. The van der Waals surface area contributed by atoms with E-state index in [1.165, 1.54) is 12.0 Å². The third-order valence-electron chi connectivity index (χ3n) is 6.67. The molecule has 0 bridgehead atoms. The lowest BCUT2D eigenvalue weighted by molar-refractivity contribution is 0.183. The fourth-order valence-electron chi connectivity index (χ4n) is 4.60. The lowest BCUT2D eigenvalue weighted by atomic mass is 9.96. The molecule has 0 atom stereocenters. The number of ether oxygens (including phenoxy) is 1. The van der Waals surface area contributed by atoms with Crippen LogP contribution < -0.4 is 15.6 Å². The van der Waals surface area contributed by atoms with E-state index in [2.05, 4.69) is 23.3 Å². The van der Waals surface area contributed by atoms with Crippen molar-refractivity contribution in [3.63, 3.8) is 0 Å². The topological polar surface area (TPSA) is 74.4 Å². The Labute approximate surface area is 195 Å². The summed E-state index contributed by atoms with van der Waals surface area (Å²) in [5.74, 6) is 0.728. The predicted molar refractivity (Wildman–Crippen MR) is 132 cm³/mol. The molecular formula is C27H33N3O3. The van der Waals surface area contributed by atoms with Gasteiger partial charge in [0, 0.05) is 22.7 Å². The summed E-state index contributed by atoms with van der Waals surface area (Å²) >= 11 is 0. The van der Waals surface area contributed by atoms with E-state index >= 15 is 0 Å². The van der Waals surface area contributed by atoms with E-state index in [9.17, 15) is 9.59 Å². The number of aromatic nitrogens is 1. The fourth-order valence-corrected chi connectivity index (χ4v) is 4.60. The summed E-state index contributed by atoms with van der Waals surface area (Å²) in [6.07, 6.45) is 5.51. The minimum absolute atomic E-state index is 0.146. The Kier molecular flexibility index (Phi) is 7.02. The lowest BCUT2D eigenvalue weighted by Crippen LogP contribution is -2.45. The number of aromatic amines is 1. The van der Waals surface area contributed by atoms with Crippen LogP contribution >= 0.6 is 0 Å². The molecule has 0 radical (unpaired) electrons. The van der Waals surface area contributed by atoms with E-state index < -0.39 is 0 Å². The number of urea groups is 1. The van der Waals surface area contributed by atoms with Gasteiger partial charge in [-0.2, -0.15) is 0 Å². The SMILES string of the molecule is COc1ccccc1CN(Cc1cc2cc(C)c(C)cc2[nH]c1=O)C(=O)NC1CCCCC1. The molecule has 174 valence electrons. The van der Waals surface area contributed by atoms with Gasteiger partial charge in [-0.05, 0) is 67.5 Å². The van der Waals surface area contributed by atoms with Crippen molar-refractivity contribution in [1.82, 2.24) is 15.2 Å². The Morgan fingerprint density at radius 1 is 1.03 bits per heavy atom. The molecule has 1 fully saturated rings. The predicted octanol–water partition coefficient (Wildman–Crippen LogP) is 5.20. The van der Waals surface area contributed by atoms with Crippen LogP contribution in [-0.4, -0.2) is 29.1 Å². The van der Waals surface area contributed by atoms with Crippen molar-refractivity contribution in [2.45, 2.75) is 65.1 Å². The Balaban J connectivity index is 1.64. The smallest absolute Gasteiger partial charge is 0.318 e. The first-order chi connectivity index (χ1) is 15.9. The van der Waals surface area contributed by atoms with Crippen molar-refractivity contribution in [2.75, 3.05) is 7.11 Å². The zero-order valence-electron chi connectivity index (χ0n) is 19.7. The summed E-state index contributed by atoms with van der Waals surface area (Å²) in [7, 11) is 1.63. The van der Waals surface area contributed by atoms with Gasteiger partial charge in [0.15, 0.2) is 0 Å². The molecule has 1 aliphatic carbocycles. The maximum Gasteiger partial charge on any atom is 0.318 e. The van der Waals surface area contributed by atoms with Crippen LogP contribution in [0.3, 0.4) is 0 Å². The molecule has 1 heterocycles. The number of carbonyl (C=O) groups excluding carboxylic acids is 1. The molecule has 1 aromatic heterocycles. The van der Waals surface area contributed by atoms with Crippen LogP contribution in [-0.2, 0) is 13.1 Å². The summed E-state index contributed by atoms with van der Waals surface area (Å²) in [6, 6.07) is 13.7. The van der Waals surface area contributed by atoms with Gasteiger partial charge in [-0.25, -0.2) is 4.79 Å². The van der Waals surface area contributed by atoms with Gasteiger partial charge in [0.05, 0.1) is 20.2 Å². The summed E-state index contributed by atoms with van der Waals surface area (Å²) < 4.78 is 5.51. The monoisotopic (exact) mass is 447 g/mol. The summed E-state index contributed by atoms with van der Waals surface area (Å²) in [5, 5.41) is 4.17. The first kappa shape index (κ1) is 22.9. The van der Waals surface area contributed by atoms with Crippen LogP contribution in [0.2, 0.25) is 0 Å². The van der Waals surface area contributed by atoms with E-state index in [1.807, 2.05) is 43.3 Å². The molecule has 1 saturated carbocycles. The van der Waals surface area contributed by atoms with Gasteiger partial charge in [0.2, 0.25) is 0 Å². The second kappa shape index (κ2) is 10.1. The van der Waals surface area contributed by atoms with E-state index in [1.54, 1.807) is 12.0 Å². The van der Waals surface area contributed by atoms with E-state index in [0.717, 1.165) is 53.5 Å². The molecule has 0 aliphatic heterocycles. The molecule has 2 N–H and O–H groups in total. The Morgan fingerprint density at radius 3 is 2.48 bits per heavy atom. The van der Waals surface area contributed by atoms with Crippen LogP contribution in [0.15, 0.2) is 47.3 Å². The first-order valence-corrected chi connectivity index (χ1v) is 11.7. The number of pyridine rings is 1. The van der Waals surface area contributed by atoms with E-state index in [-0.39, 0.29) is 24.2 Å². The number of hydrogen-bond donors (Lipinski definition) is 2. The van der Waals surface area contributed by atoms with Crippen LogP contribution in [0.5, 0.6) is 5.75 Å². The van der Waals surface area contributed by atoms with Gasteiger partial charge in [0.1, 0.15) is 5.75 Å². The normalized spacial score (nSPS) is 14.3. The molecule has 0 spiro atoms. The zero-order valence-corrected chi connectivity index (χ0v) is 19.7. The number of rotatable bonds is 6. The highest BCUT2D eigenvalue weighted by Gasteiger charge is 2.22. The van der Waals surface area contributed by atoms with Gasteiger partial charge in [-0.3, -0.25) is 4.79 Å². The molecule has 3 aromatic rings. The van der Waals surface area contributed by atoms with Crippen LogP contribution in [0, 0.1) is 13.8 Å². The van der Waals surface area contributed by atoms with Crippen molar-refractivity contribution in [1.29, 1.82) is 0 Å². The second-order valence-electron chi connectivity index (χ2n) is 9.10. The number of aryl methyl sites for hydroxylation is 2. The highest BCUT2D eigenvalue weighted by molar-refractivity contribution is 5.81. The molecule has 6 heteroatoms. The average molecular weight is 448 g/mol. The number of nitrogens with one attached hydrogen (secondary N) is 2. The number of fused-ring (bicyclic) bond motifs is 1. The maximum absolute atomic E-state index is 13.4. The summed E-state index contributed by atoms with van der Waals surface area (Å²) in [5.41, 5.74) is 4.43. The highest BCUT2D eigenvalue weighted by Crippen LogP contribution is 2.23. The number of H-pyrrole nitrogens is 1. The number of carbonyl (C=O) groups is 1. The summed E-state index contributed by atoms with van der Waals surface area (Å²) in [4.78, 5) is 31.0. The number of hydrogen-bond acceptors (Lipinski definition) is 3. The third kappa shape index (κ3) is 5.38. The number of nitrogens with zero attached hydrogens (tertiary/aromatic N) is 1. The molecule has 6 nitrogen and oxygen atoms in total. The molecule has 0 saturated heterocycles. The molecule has 4 rings (SSSR count). The number of methoxy groups -OCH3 is 1. The van der Waals surface area contributed by atoms with Gasteiger partial charge in [-0.15, -0.1) is 0 Å². The molecular weight excluding hydrogens is 414 g/mol. The van der Waals surface area contributed by atoms with Crippen molar-refractivity contribution >= 4 is 16.9 Å². The standard InChI is InChI=1S/C27H33N3O3/c1-18-13-21-15-22(26(31)29-24(21)14-19(18)2)17-30(16-20-9-7-8-12-25(20)33-3)27(32)28-23-10-5-4-6-11-23/h7-9,12-15,23H,4-6,10-11,16-17H2,1-3H3,(H,28,32)(H,29,31). The van der Waals surface area contributed by atoms with Crippen molar-refractivity contribution in [2.24, 2.45) is 0 Å². The molecule has 0 unspecified atom stereocenters. The van der Waals surface area contributed by atoms with E-state index in [0.29, 0.717) is 12.1 Å². The third-order valence-corrected chi connectivity index (χ3v) is 6.67. The van der Waals surface area contributed by atoms with Crippen LogP contribution in [0.4, 0.5) is 4.79 Å². The van der Waals surface area contributed by atoms with Crippen molar-refractivity contribution < 1.29 is 9.53 Å². The Morgan fingerprint density at radius 2 is 1.73 bits per heavy atom. The average Bonchev–Trinajstić information content (AvgIpc) is 2.81. The molecule has 2 amide bonds. The van der Waals surface area contributed by atoms with Gasteiger partial charge in [-0.1, -0.05) is 37.5 Å². The first-order valence-electron chi connectivity index (χ1n) is 11.7. The second-order valence-corrected chi connectivity index (χ2v) is 9.10. The molecule has 33 heavy (non-hydrogen) atoms. The van der Waals surface area contributed by atoms with Crippen molar-refractivity contribution in [3.05, 3.63) is 75.1 Å². The van der Waals surface area contributed by atoms with Gasteiger partial charge < -0.3 is 19.9 Å². The summed E-state index contributed by atoms with van der Waals surface area (Å²) in [6.45, 7) is 4.67. The minimum Gasteiger partial charge on any atom is -0.496 e. The largest absolute Gasteiger partial charge is 0.496 e.